The minimum Gasteiger partial charge on any atom is -0.378 e. The molecule has 4 rings (SSSR count). The van der Waals surface area contributed by atoms with Crippen molar-refractivity contribution in [1.29, 1.82) is 0 Å². The molecule has 3 aromatic rings. The van der Waals surface area contributed by atoms with Gasteiger partial charge in [0.25, 0.3) is 5.91 Å². The first kappa shape index (κ1) is 26.2. The molecule has 194 valence electrons. The third-order valence-electron chi connectivity index (χ3n) is 6.39. The predicted octanol–water partition coefficient (Wildman–Crippen LogP) is 3.25. The summed E-state index contributed by atoms with van der Waals surface area (Å²) < 4.78 is 31.2. The van der Waals surface area contributed by atoms with Gasteiger partial charge in [0.05, 0.1) is 25.2 Å². The van der Waals surface area contributed by atoms with Gasteiger partial charge < -0.3 is 20.7 Å². The zero-order valence-electron chi connectivity index (χ0n) is 21.0. The molecule has 2 amide bonds. The quantitative estimate of drug-likeness (QED) is 0.491. The Bertz CT molecular complexity index is 1450. The molecular weight excluding hydrogens is 492 g/mol. The summed E-state index contributed by atoms with van der Waals surface area (Å²) in [5.41, 5.74) is 9.84. The number of nitrogens with zero attached hydrogens (tertiary/aromatic N) is 2. The molecule has 0 unspecified atom stereocenters. The van der Waals surface area contributed by atoms with Gasteiger partial charge in [-0.3, -0.25) is 13.9 Å². The highest BCUT2D eigenvalue weighted by Gasteiger charge is 2.23. The molecule has 0 spiro atoms. The number of hydrogen-bond acceptors (Lipinski definition) is 6. The second-order valence-corrected chi connectivity index (χ2v) is 10.9. The van der Waals surface area contributed by atoms with E-state index in [1.165, 1.54) is 7.05 Å². The minimum atomic E-state index is -3.62. The van der Waals surface area contributed by atoms with Crippen LogP contribution in [0.2, 0.25) is 0 Å². The normalized spacial score (nSPS) is 13.8. The second-order valence-electron chi connectivity index (χ2n) is 8.93. The third-order valence-corrected chi connectivity index (χ3v) is 7.59. The average molecular weight is 523 g/mol. The second kappa shape index (κ2) is 10.6. The number of ether oxygens (including phenoxy) is 1. The number of primary amides is 1. The highest BCUT2D eigenvalue weighted by Crippen LogP contribution is 2.38. The number of sulfonamides is 1. The molecule has 0 aromatic heterocycles. The van der Waals surface area contributed by atoms with E-state index in [9.17, 15) is 18.0 Å². The Morgan fingerprint density at radius 3 is 2.41 bits per heavy atom. The fourth-order valence-electron chi connectivity index (χ4n) is 4.31. The summed E-state index contributed by atoms with van der Waals surface area (Å²) in [6, 6.07) is 17.4. The fourth-order valence-corrected chi connectivity index (χ4v) is 4.82. The Kier molecular flexibility index (Phi) is 7.51. The van der Waals surface area contributed by atoms with Gasteiger partial charge in [-0.2, -0.15) is 0 Å². The summed E-state index contributed by atoms with van der Waals surface area (Å²) in [5.74, 6) is -0.978. The molecule has 1 heterocycles. The number of nitrogens with one attached hydrogen (secondary N) is 1. The van der Waals surface area contributed by atoms with Crippen LogP contribution < -0.4 is 20.3 Å². The Hall–Kier alpha value is -3.89. The van der Waals surface area contributed by atoms with Crippen LogP contribution in [0.3, 0.4) is 0 Å². The van der Waals surface area contributed by atoms with Gasteiger partial charge in [0.15, 0.2) is 0 Å². The molecule has 1 aliphatic heterocycles. The molecule has 1 fully saturated rings. The van der Waals surface area contributed by atoms with E-state index in [0.29, 0.717) is 41.3 Å². The highest BCUT2D eigenvalue weighted by molar-refractivity contribution is 7.92. The Balaban J connectivity index is 1.71. The Labute approximate surface area is 216 Å². The standard InChI is InChI=1S/C27H30N4O5S/c1-18-10-11-20(29-27(33)19-6-4-7-21(16-19)31-12-14-36-15-13-31)17-23(18)25-22(26(28)32)8-5-9-24(25)30(2)37(3,34)35/h4-11,16-17H,12-15H2,1-3H3,(H2,28,32)(H,29,33). The lowest BCUT2D eigenvalue weighted by Crippen LogP contribution is -2.36. The van der Waals surface area contributed by atoms with Crippen LogP contribution in [0, 0.1) is 6.92 Å². The molecule has 0 bridgehead atoms. The summed E-state index contributed by atoms with van der Waals surface area (Å²) in [6.07, 6.45) is 1.09. The first-order valence-electron chi connectivity index (χ1n) is 11.8. The van der Waals surface area contributed by atoms with Gasteiger partial charge in [-0.15, -0.1) is 0 Å². The van der Waals surface area contributed by atoms with Crippen molar-refractivity contribution < 1.29 is 22.7 Å². The largest absolute Gasteiger partial charge is 0.378 e. The molecule has 0 radical (unpaired) electrons. The van der Waals surface area contributed by atoms with E-state index in [1.54, 1.807) is 42.5 Å². The van der Waals surface area contributed by atoms with E-state index >= 15 is 0 Å². The highest BCUT2D eigenvalue weighted by atomic mass is 32.2. The van der Waals surface area contributed by atoms with Crippen LogP contribution in [0.4, 0.5) is 17.1 Å². The molecule has 0 saturated carbocycles. The SMILES string of the molecule is Cc1ccc(NC(=O)c2cccc(N3CCOCC3)c2)cc1-c1c(C(N)=O)cccc1N(C)S(C)(=O)=O. The third kappa shape index (κ3) is 5.76. The Morgan fingerprint density at radius 1 is 1.03 bits per heavy atom. The van der Waals surface area contributed by atoms with Crippen molar-refractivity contribution in [2.75, 3.05) is 54.1 Å². The van der Waals surface area contributed by atoms with E-state index in [2.05, 4.69) is 10.2 Å². The summed E-state index contributed by atoms with van der Waals surface area (Å²) in [4.78, 5) is 27.6. The lowest BCUT2D eigenvalue weighted by Gasteiger charge is -2.29. The van der Waals surface area contributed by atoms with Crippen LogP contribution in [-0.4, -0.2) is 59.8 Å². The number of benzene rings is 3. The van der Waals surface area contributed by atoms with Crippen molar-refractivity contribution in [3.05, 3.63) is 77.4 Å². The van der Waals surface area contributed by atoms with Crippen molar-refractivity contribution in [3.8, 4) is 11.1 Å². The van der Waals surface area contributed by atoms with Crippen LogP contribution >= 0.6 is 0 Å². The van der Waals surface area contributed by atoms with Crippen LogP contribution in [0.15, 0.2) is 60.7 Å². The number of anilines is 3. The minimum absolute atomic E-state index is 0.179. The topological polar surface area (TPSA) is 122 Å². The molecule has 0 atom stereocenters. The molecule has 9 nitrogen and oxygen atoms in total. The first-order chi connectivity index (χ1) is 17.6. The maximum Gasteiger partial charge on any atom is 0.255 e. The van der Waals surface area contributed by atoms with Crippen molar-refractivity contribution in [3.63, 3.8) is 0 Å². The maximum atomic E-state index is 13.1. The van der Waals surface area contributed by atoms with Gasteiger partial charge in [0.1, 0.15) is 0 Å². The number of carbonyl (C=O) groups is 2. The fraction of sp³-hybridized carbons (Fsp3) is 0.259. The van der Waals surface area contributed by atoms with Crippen LogP contribution in [0.1, 0.15) is 26.3 Å². The van der Waals surface area contributed by atoms with E-state index in [-0.39, 0.29) is 11.5 Å². The summed E-state index contributed by atoms with van der Waals surface area (Å²) in [6.45, 7) is 4.65. The van der Waals surface area contributed by atoms with E-state index in [0.717, 1.165) is 34.9 Å². The lowest BCUT2D eigenvalue weighted by molar-refractivity contribution is 0.0998. The number of aryl methyl sites for hydroxylation is 1. The zero-order valence-corrected chi connectivity index (χ0v) is 21.8. The number of carbonyl (C=O) groups excluding carboxylic acids is 2. The van der Waals surface area contributed by atoms with Crippen molar-refractivity contribution >= 4 is 38.9 Å². The van der Waals surface area contributed by atoms with Gasteiger partial charge in [0.2, 0.25) is 15.9 Å². The van der Waals surface area contributed by atoms with E-state index in [4.69, 9.17) is 10.5 Å². The molecule has 37 heavy (non-hydrogen) atoms. The number of amides is 2. The molecule has 1 aliphatic rings. The summed E-state index contributed by atoms with van der Waals surface area (Å²) in [5, 5.41) is 2.92. The smallest absolute Gasteiger partial charge is 0.255 e. The molecular formula is C27H30N4O5S. The van der Waals surface area contributed by atoms with E-state index < -0.39 is 15.9 Å². The van der Waals surface area contributed by atoms with Gasteiger partial charge in [-0.1, -0.05) is 18.2 Å². The summed E-state index contributed by atoms with van der Waals surface area (Å²) >= 11 is 0. The summed E-state index contributed by atoms with van der Waals surface area (Å²) in [7, 11) is -2.20. The lowest BCUT2D eigenvalue weighted by atomic mass is 9.93. The van der Waals surface area contributed by atoms with Crippen molar-refractivity contribution in [2.45, 2.75) is 6.92 Å². The van der Waals surface area contributed by atoms with Crippen molar-refractivity contribution in [1.82, 2.24) is 0 Å². The molecule has 0 aliphatic carbocycles. The number of hydrogen-bond donors (Lipinski definition) is 2. The van der Waals surface area contributed by atoms with Crippen LogP contribution in [0.5, 0.6) is 0 Å². The molecule has 1 saturated heterocycles. The predicted molar refractivity (Wildman–Crippen MR) is 146 cm³/mol. The first-order valence-corrected chi connectivity index (χ1v) is 13.6. The van der Waals surface area contributed by atoms with Gasteiger partial charge >= 0.3 is 0 Å². The number of morpholine rings is 1. The van der Waals surface area contributed by atoms with Gasteiger partial charge in [0, 0.05) is 48.2 Å². The zero-order chi connectivity index (χ0) is 26.7. The Morgan fingerprint density at radius 2 is 1.73 bits per heavy atom. The number of nitrogens with two attached hydrogens (primary N) is 1. The number of rotatable bonds is 7. The monoisotopic (exact) mass is 522 g/mol. The average Bonchev–Trinajstić information content (AvgIpc) is 2.89. The molecule has 10 heteroatoms. The van der Waals surface area contributed by atoms with Crippen LogP contribution in [0.25, 0.3) is 11.1 Å². The molecule has 3 N–H and O–H groups in total. The van der Waals surface area contributed by atoms with Crippen LogP contribution in [-0.2, 0) is 14.8 Å². The van der Waals surface area contributed by atoms with Gasteiger partial charge in [-0.05, 0) is 60.5 Å². The van der Waals surface area contributed by atoms with Crippen molar-refractivity contribution in [2.24, 2.45) is 5.73 Å². The maximum absolute atomic E-state index is 13.1. The molecule has 3 aromatic carbocycles. The van der Waals surface area contributed by atoms with Gasteiger partial charge in [-0.25, -0.2) is 8.42 Å². The van der Waals surface area contributed by atoms with E-state index in [1.807, 2.05) is 25.1 Å².